The van der Waals surface area contributed by atoms with Crippen LogP contribution in [-0.2, 0) is 11.2 Å². The molecule has 0 atom stereocenters. The molecule has 0 radical (unpaired) electrons. The Balaban J connectivity index is 1.95. The van der Waals surface area contributed by atoms with Crippen LogP contribution in [0.4, 0.5) is 5.69 Å². The van der Waals surface area contributed by atoms with E-state index >= 15 is 0 Å². The molecule has 0 spiro atoms. The first-order valence-corrected chi connectivity index (χ1v) is 6.35. The summed E-state index contributed by atoms with van der Waals surface area (Å²) in [5.41, 5.74) is 2.30. The van der Waals surface area contributed by atoms with Crippen molar-refractivity contribution in [3.8, 4) is 0 Å². The van der Waals surface area contributed by atoms with Gasteiger partial charge in [0.1, 0.15) is 0 Å². The van der Waals surface area contributed by atoms with Crippen LogP contribution in [0.2, 0.25) is 0 Å². The van der Waals surface area contributed by atoms with Crippen LogP contribution in [0, 0.1) is 0 Å². The van der Waals surface area contributed by atoms with Crippen molar-refractivity contribution in [3.63, 3.8) is 0 Å². The molecule has 17 heavy (non-hydrogen) atoms. The van der Waals surface area contributed by atoms with E-state index in [0.29, 0.717) is 6.04 Å². The number of anilines is 1. The number of benzene rings is 1. The summed E-state index contributed by atoms with van der Waals surface area (Å²) in [5.74, 6) is 0. The number of ether oxygens (including phenoxy) is 1. The van der Waals surface area contributed by atoms with E-state index in [4.69, 9.17) is 17.0 Å². The van der Waals surface area contributed by atoms with E-state index in [1.807, 2.05) is 18.2 Å². The van der Waals surface area contributed by atoms with Crippen LogP contribution < -0.4 is 10.6 Å². The number of para-hydroxylation sites is 1. The maximum Gasteiger partial charge on any atom is 0.171 e. The van der Waals surface area contributed by atoms with Crippen molar-refractivity contribution < 1.29 is 4.74 Å². The van der Waals surface area contributed by atoms with Gasteiger partial charge in [-0.05, 0) is 43.1 Å². The topological polar surface area (TPSA) is 33.3 Å². The molecule has 2 rings (SSSR count). The van der Waals surface area contributed by atoms with Gasteiger partial charge in [0.15, 0.2) is 5.11 Å². The summed E-state index contributed by atoms with van der Waals surface area (Å²) in [5, 5.41) is 7.25. The number of methoxy groups -OCH3 is 1. The van der Waals surface area contributed by atoms with E-state index in [9.17, 15) is 0 Å². The normalized spacial score (nSPS) is 14.4. The quantitative estimate of drug-likeness (QED) is 0.786. The molecule has 92 valence electrons. The minimum Gasteiger partial charge on any atom is -0.384 e. The summed E-state index contributed by atoms with van der Waals surface area (Å²) in [4.78, 5) is 0. The molecule has 0 amide bonds. The predicted octanol–water partition coefficient (Wildman–Crippen LogP) is 2.32. The van der Waals surface area contributed by atoms with E-state index in [1.54, 1.807) is 7.11 Å². The third-order valence-electron chi connectivity index (χ3n) is 2.75. The Morgan fingerprint density at radius 1 is 1.41 bits per heavy atom. The molecular weight excluding hydrogens is 232 g/mol. The first-order chi connectivity index (χ1) is 8.29. The van der Waals surface area contributed by atoms with Crippen LogP contribution in [-0.4, -0.2) is 24.9 Å². The highest BCUT2D eigenvalue weighted by molar-refractivity contribution is 7.80. The summed E-state index contributed by atoms with van der Waals surface area (Å²) >= 11 is 5.27. The van der Waals surface area contributed by atoms with Crippen LogP contribution in [0.1, 0.15) is 18.4 Å². The van der Waals surface area contributed by atoms with Gasteiger partial charge in [-0.2, -0.15) is 0 Å². The van der Waals surface area contributed by atoms with E-state index in [1.165, 1.54) is 18.4 Å². The fourth-order valence-corrected chi connectivity index (χ4v) is 1.92. The second-order valence-electron chi connectivity index (χ2n) is 4.27. The van der Waals surface area contributed by atoms with Crippen molar-refractivity contribution in [1.29, 1.82) is 0 Å². The molecule has 0 heterocycles. The number of hydrogen-bond donors (Lipinski definition) is 2. The number of thiocarbonyl (C=S) groups is 1. The SMILES string of the molecule is COCCc1ccccc1NC(=S)NC1CC1. The zero-order valence-electron chi connectivity index (χ0n) is 10.0. The molecule has 0 unspecified atom stereocenters. The van der Waals surface area contributed by atoms with Gasteiger partial charge >= 0.3 is 0 Å². The first-order valence-electron chi connectivity index (χ1n) is 5.94. The van der Waals surface area contributed by atoms with Gasteiger partial charge in [-0.3, -0.25) is 0 Å². The molecule has 1 fully saturated rings. The lowest BCUT2D eigenvalue weighted by molar-refractivity contribution is 0.202. The highest BCUT2D eigenvalue weighted by atomic mass is 32.1. The molecule has 1 aliphatic carbocycles. The minimum absolute atomic E-state index is 0.584. The summed E-state index contributed by atoms with van der Waals surface area (Å²) in [6, 6.07) is 8.78. The minimum atomic E-state index is 0.584. The van der Waals surface area contributed by atoms with E-state index < -0.39 is 0 Å². The average Bonchev–Trinajstić information content (AvgIpc) is 3.11. The molecule has 0 aliphatic heterocycles. The van der Waals surface area contributed by atoms with Crippen molar-refractivity contribution in [1.82, 2.24) is 5.32 Å². The molecule has 1 aromatic carbocycles. The molecule has 1 aliphatic rings. The summed E-state index contributed by atoms with van der Waals surface area (Å²) in [7, 11) is 1.72. The van der Waals surface area contributed by atoms with Crippen molar-refractivity contribution in [2.45, 2.75) is 25.3 Å². The largest absolute Gasteiger partial charge is 0.384 e. The highest BCUT2D eigenvalue weighted by Gasteiger charge is 2.21. The van der Waals surface area contributed by atoms with Crippen LogP contribution >= 0.6 is 12.2 Å². The Morgan fingerprint density at radius 2 is 2.18 bits per heavy atom. The van der Waals surface area contributed by atoms with Gasteiger partial charge in [0.05, 0.1) is 6.61 Å². The second kappa shape index (κ2) is 5.98. The average molecular weight is 250 g/mol. The molecule has 2 N–H and O–H groups in total. The van der Waals surface area contributed by atoms with E-state index in [-0.39, 0.29) is 0 Å². The molecule has 3 nitrogen and oxygen atoms in total. The van der Waals surface area contributed by atoms with Crippen LogP contribution in [0.15, 0.2) is 24.3 Å². The smallest absolute Gasteiger partial charge is 0.171 e. The Hall–Kier alpha value is -1.13. The molecule has 0 aromatic heterocycles. The number of hydrogen-bond acceptors (Lipinski definition) is 2. The lowest BCUT2D eigenvalue weighted by Gasteiger charge is -2.13. The lowest BCUT2D eigenvalue weighted by atomic mass is 10.1. The highest BCUT2D eigenvalue weighted by Crippen LogP contribution is 2.20. The zero-order valence-corrected chi connectivity index (χ0v) is 10.8. The number of nitrogens with one attached hydrogen (secondary N) is 2. The van der Waals surface area contributed by atoms with Gasteiger partial charge in [0, 0.05) is 18.8 Å². The maximum atomic E-state index is 5.27. The van der Waals surface area contributed by atoms with Gasteiger partial charge in [-0.15, -0.1) is 0 Å². The first kappa shape index (κ1) is 12.3. The summed E-state index contributed by atoms with van der Waals surface area (Å²) in [6.45, 7) is 0.724. The Bertz CT molecular complexity index is 391. The van der Waals surface area contributed by atoms with Crippen molar-refractivity contribution in [2.75, 3.05) is 19.0 Å². The predicted molar refractivity (Wildman–Crippen MR) is 74.4 cm³/mol. The zero-order chi connectivity index (χ0) is 12.1. The molecule has 0 saturated heterocycles. The van der Waals surface area contributed by atoms with Gasteiger partial charge in [-0.1, -0.05) is 18.2 Å². The fourth-order valence-electron chi connectivity index (χ4n) is 1.64. The Morgan fingerprint density at radius 3 is 2.88 bits per heavy atom. The van der Waals surface area contributed by atoms with Crippen molar-refractivity contribution >= 4 is 23.0 Å². The van der Waals surface area contributed by atoms with Crippen LogP contribution in [0.25, 0.3) is 0 Å². The molecule has 4 heteroatoms. The van der Waals surface area contributed by atoms with Crippen LogP contribution in [0.3, 0.4) is 0 Å². The second-order valence-corrected chi connectivity index (χ2v) is 4.68. The maximum absolute atomic E-state index is 5.27. The van der Waals surface area contributed by atoms with Crippen LogP contribution in [0.5, 0.6) is 0 Å². The molecule has 1 saturated carbocycles. The van der Waals surface area contributed by atoms with E-state index in [2.05, 4.69) is 16.7 Å². The molecular formula is C13H18N2OS. The summed E-state index contributed by atoms with van der Waals surface area (Å²) < 4.78 is 5.10. The fraction of sp³-hybridized carbons (Fsp3) is 0.462. The van der Waals surface area contributed by atoms with Gasteiger partial charge in [-0.25, -0.2) is 0 Å². The third-order valence-corrected chi connectivity index (χ3v) is 2.97. The summed E-state index contributed by atoms with van der Waals surface area (Å²) in [6.07, 6.45) is 3.35. The lowest BCUT2D eigenvalue weighted by Crippen LogP contribution is -2.30. The third kappa shape index (κ3) is 3.98. The van der Waals surface area contributed by atoms with E-state index in [0.717, 1.165) is 23.8 Å². The number of rotatable bonds is 5. The molecule has 0 bridgehead atoms. The standard InChI is InChI=1S/C13H18N2OS/c1-16-9-8-10-4-2-3-5-12(10)15-13(17)14-11-6-7-11/h2-5,11H,6-9H2,1H3,(H2,14,15,17). The van der Waals surface area contributed by atoms with Gasteiger partial charge in [0.25, 0.3) is 0 Å². The van der Waals surface area contributed by atoms with Gasteiger partial charge < -0.3 is 15.4 Å². The van der Waals surface area contributed by atoms with Crippen molar-refractivity contribution in [3.05, 3.63) is 29.8 Å². The monoisotopic (exact) mass is 250 g/mol. The van der Waals surface area contributed by atoms with Crippen molar-refractivity contribution in [2.24, 2.45) is 0 Å². The molecule has 1 aromatic rings. The van der Waals surface area contributed by atoms with Gasteiger partial charge in [0.2, 0.25) is 0 Å². The Labute approximate surface area is 108 Å². The Kier molecular flexibility index (Phi) is 4.34.